The minimum atomic E-state index is -0.805. The average molecular weight is 592 g/mol. The molecule has 1 aliphatic rings. The van der Waals surface area contributed by atoms with E-state index in [-0.39, 0.29) is 23.2 Å². The zero-order valence-electron chi connectivity index (χ0n) is 25.7. The van der Waals surface area contributed by atoms with Gasteiger partial charge in [0.25, 0.3) is 5.91 Å². The van der Waals surface area contributed by atoms with E-state index in [1.807, 2.05) is 52.0 Å². The fourth-order valence-electron chi connectivity index (χ4n) is 5.22. The number of ether oxygens (including phenoxy) is 4. The van der Waals surface area contributed by atoms with Gasteiger partial charge in [-0.25, -0.2) is 4.39 Å². The minimum absolute atomic E-state index is 0.0372. The highest BCUT2D eigenvalue weighted by molar-refractivity contribution is 6.07. The van der Waals surface area contributed by atoms with Crippen LogP contribution in [0.1, 0.15) is 74.0 Å². The van der Waals surface area contributed by atoms with Gasteiger partial charge in [0.2, 0.25) is 0 Å². The Morgan fingerprint density at radius 1 is 0.907 bits per heavy atom. The van der Waals surface area contributed by atoms with Crippen molar-refractivity contribution in [3.05, 3.63) is 76.6 Å². The number of aryl methyl sites for hydroxylation is 1. The highest BCUT2D eigenvalue weighted by atomic mass is 19.1. The Kier molecular flexibility index (Phi) is 9.43. The van der Waals surface area contributed by atoms with Gasteiger partial charge in [-0.1, -0.05) is 6.07 Å². The summed E-state index contributed by atoms with van der Waals surface area (Å²) in [4.78, 5) is 39.1. The molecule has 3 aromatic carbocycles. The maximum atomic E-state index is 14.7. The molecule has 3 aromatic rings. The predicted molar refractivity (Wildman–Crippen MR) is 161 cm³/mol. The van der Waals surface area contributed by atoms with Gasteiger partial charge >= 0.3 is 11.9 Å². The van der Waals surface area contributed by atoms with Gasteiger partial charge in [0.1, 0.15) is 5.75 Å². The van der Waals surface area contributed by atoms with Crippen LogP contribution < -0.4 is 23.8 Å². The molecular weight excluding hydrogens is 553 g/mol. The van der Waals surface area contributed by atoms with E-state index < -0.39 is 23.1 Å². The summed E-state index contributed by atoms with van der Waals surface area (Å²) >= 11 is 0. The molecule has 0 aromatic heterocycles. The Hall–Kier alpha value is -4.40. The van der Waals surface area contributed by atoms with E-state index in [0.717, 1.165) is 35.6 Å². The van der Waals surface area contributed by atoms with Crippen molar-refractivity contribution in [3.8, 4) is 23.0 Å². The summed E-state index contributed by atoms with van der Waals surface area (Å²) in [5.74, 6) is -0.834. The van der Waals surface area contributed by atoms with Gasteiger partial charge in [-0.05, 0) is 106 Å². The van der Waals surface area contributed by atoms with Crippen molar-refractivity contribution in [3.63, 3.8) is 0 Å². The highest BCUT2D eigenvalue weighted by Crippen LogP contribution is 2.44. The van der Waals surface area contributed by atoms with Gasteiger partial charge in [-0.3, -0.25) is 14.4 Å². The molecule has 0 radical (unpaired) electrons. The third-order valence-electron chi connectivity index (χ3n) is 7.49. The van der Waals surface area contributed by atoms with Crippen LogP contribution in [0.3, 0.4) is 0 Å². The summed E-state index contributed by atoms with van der Waals surface area (Å²) in [6, 6.07) is 13.2. The quantitative estimate of drug-likeness (QED) is 0.214. The fourth-order valence-corrected chi connectivity index (χ4v) is 5.22. The largest absolute Gasteiger partial charge is 0.493 e. The van der Waals surface area contributed by atoms with E-state index in [1.165, 1.54) is 26.2 Å². The summed E-state index contributed by atoms with van der Waals surface area (Å²) < 4.78 is 36.4. The van der Waals surface area contributed by atoms with E-state index in [1.54, 1.807) is 18.1 Å². The van der Waals surface area contributed by atoms with Gasteiger partial charge in [-0.15, -0.1) is 0 Å². The third-order valence-corrected chi connectivity index (χ3v) is 7.49. The van der Waals surface area contributed by atoms with Crippen LogP contribution in [0.4, 0.5) is 10.1 Å². The lowest BCUT2D eigenvalue weighted by Crippen LogP contribution is -2.32. The Balaban J connectivity index is 1.69. The summed E-state index contributed by atoms with van der Waals surface area (Å²) in [5, 5.41) is 0. The van der Waals surface area contributed by atoms with Crippen molar-refractivity contribution in [1.82, 2.24) is 0 Å². The lowest BCUT2D eigenvalue weighted by Gasteiger charge is -2.31. The van der Waals surface area contributed by atoms with Crippen molar-refractivity contribution in [2.75, 3.05) is 25.7 Å². The number of amides is 1. The molecule has 0 heterocycles. The van der Waals surface area contributed by atoms with Gasteiger partial charge in [0.15, 0.2) is 23.1 Å². The van der Waals surface area contributed by atoms with E-state index in [0.29, 0.717) is 35.9 Å². The van der Waals surface area contributed by atoms with Crippen molar-refractivity contribution in [1.29, 1.82) is 0 Å². The molecule has 1 atom stereocenters. The minimum Gasteiger partial charge on any atom is -0.493 e. The number of carbonyl (C=O) groups is 3. The SMILES string of the molecule is CCN(C(=O)c1ccc(OC(C)=O)c(F)c1)c1cc(OC)c(OC)cc1[C@@H]1CCc2cc(OC(=O)C(C)(C)C)ccc2C1. The topological polar surface area (TPSA) is 91.4 Å². The Morgan fingerprint density at radius 2 is 1.60 bits per heavy atom. The third kappa shape index (κ3) is 6.98. The number of esters is 2. The number of hydrogen-bond acceptors (Lipinski definition) is 7. The summed E-state index contributed by atoms with van der Waals surface area (Å²) in [7, 11) is 3.09. The molecule has 0 unspecified atom stereocenters. The number of benzene rings is 3. The molecule has 1 aliphatic carbocycles. The number of carbonyl (C=O) groups excluding carboxylic acids is 3. The molecule has 0 fully saturated rings. The second kappa shape index (κ2) is 12.9. The molecule has 0 spiro atoms. The number of anilines is 1. The normalized spacial score (nSPS) is 14.4. The van der Waals surface area contributed by atoms with Crippen LogP contribution in [0.2, 0.25) is 0 Å². The second-order valence-electron chi connectivity index (χ2n) is 11.6. The van der Waals surface area contributed by atoms with Gasteiger partial charge in [-0.2, -0.15) is 0 Å². The van der Waals surface area contributed by atoms with Crippen LogP contribution in [0.25, 0.3) is 0 Å². The van der Waals surface area contributed by atoms with E-state index in [9.17, 15) is 18.8 Å². The van der Waals surface area contributed by atoms with Crippen LogP contribution in [0, 0.1) is 11.2 Å². The molecule has 0 N–H and O–H groups in total. The Morgan fingerprint density at radius 3 is 2.21 bits per heavy atom. The summed E-state index contributed by atoms with van der Waals surface area (Å²) in [6.07, 6.45) is 2.23. The van der Waals surface area contributed by atoms with Gasteiger partial charge in [0.05, 0.1) is 25.3 Å². The number of fused-ring (bicyclic) bond motifs is 1. The highest BCUT2D eigenvalue weighted by Gasteiger charge is 2.30. The molecule has 9 heteroatoms. The molecule has 0 aliphatic heterocycles. The van der Waals surface area contributed by atoms with Crippen LogP contribution in [-0.2, 0) is 22.4 Å². The number of hydrogen-bond donors (Lipinski definition) is 0. The predicted octanol–water partition coefficient (Wildman–Crippen LogP) is 6.66. The molecule has 8 nitrogen and oxygen atoms in total. The maximum Gasteiger partial charge on any atom is 0.316 e. The summed E-state index contributed by atoms with van der Waals surface area (Å²) in [6.45, 7) is 8.78. The molecule has 1 amide bonds. The molecule has 0 saturated heterocycles. The van der Waals surface area contributed by atoms with Crippen LogP contribution in [0.15, 0.2) is 48.5 Å². The number of halogens is 1. The van der Waals surface area contributed by atoms with Crippen LogP contribution >= 0.6 is 0 Å². The molecule has 228 valence electrons. The average Bonchev–Trinajstić information content (AvgIpc) is 2.97. The molecular formula is C34H38FNO7. The molecule has 4 rings (SSSR count). The zero-order chi connectivity index (χ0) is 31.5. The van der Waals surface area contributed by atoms with Crippen molar-refractivity contribution < 1.29 is 37.7 Å². The number of methoxy groups -OCH3 is 2. The second-order valence-corrected chi connectivity index (χ2v) is 11.6. The first-order chi connectivity index (χ1) is 20.4. The standard InChI is InChI=1S/C34H38FNO7/c1-8-36(32(38)24-12-14-29(27(35)17-24)42-20(2)37)28-19-31(41-7)30(40-6)18-26(28)23-10-9-22-16-25(13-11-21(22)15-23)43-33(39)34(3,4)5/h11-14,16-19,23H,8-10,15H2,1-7H3/t23-/m1/s1. The molecule has 43 heavy (non-hydrogen) atoms. The Bertz CT molecular complexity index is 1540. The lowest BCUT2D eigenvalue weighted by molar-refractivity contribution is -0.143. The smallest absolute Gasteiger partial charge is 0.316 e. The van der Waals surface area contributed by atoms with Crippen molar-refractivity contribution in [2.24, 2.45) is 5.41 Å². The Labute approximate surface area is 251 Å². The molecule has 0 bridgehead atoms. The molecule has 0 saturated carbocycles. The first-order valence-electron chi connectivity index (χ1n) is 14.3. The van der Waals surface area contributed by atoms with Crippen LogP contribution in [0.5, 0.6) is 23.0 Å². The first-order valence-corrected chi connectivity index (χ1v) is 14.3. The van der Waals surface area contributed by atoms with E-state index in [4.69, 9.17) is 18.9 Å². The van der Waals surface area contributed by atoms with Gasteiger partial charge in [0, 0.05) is 25.1 Å². The van der Waals surface area contributed by atoms with Gasteiger partial charge < -0.3 is 23.8 Å². The van der Waals surface area contributed by atoms with Crippen molar-refractivity contribution >= 4 is 23.5 Å². The van der Waals surface area contributed by atoms with Crippen LogP contribution in [-0.4, -0.2) is 38.6 Å². The van der Waals surface area contributed by atoms with E-state index >= 15 is 0 Å². The fraction of sp³-hybridized carbons (Fsp3) is 0.382. The lowest BCUT2D eigenvalue weighted by atomic mass is 9.79. The first kappa shape index (κ1) is 31.5. The number of nitrogens with zero attached hydrogens (tertiary/aromatic N) is 1. The zero-order valence-corrected chi connectivity index (χ0v) is 25.7. The summed E-state index contributed by atoms with van der Waals surface area (Å²) in [5.41, 5.74) is 3.29. The van der Waals surface area contributed by atoms with E-state index in [2.05, 4.69) is 0 Å². The van der Waals surface area contributed by atoms with Crippen molar-refractivity contribution in [2.45, 2.75) is 59.8 Å². The maximum absolute atomic E-state index is 14.7. The monoisotopic (exact) mass is 591 g/mol. The number of rotatable bonds is 8.